The fourth-order valence-electron chi connectivity index (χ4n) is 3.60. The predicted molar refractivity (Wildman–Crippen MR) is 89.4 cm³/mol. The molecule has 21 heavy (non-hydrogen) atoms. The molecule has 1 rings (SSSR count). The monoisotopic (exact) mass is 297 g/mol. The molecule has 3 unspecified atom stereocenters. The largest absolute Gasteiger partial charge is 0.353 e. The normalized spacial score (nSPS) is 26.8. The van der Waals surface area contributed by atoms with E-state index < -0.39 is 0 Å². The number of rotatable bonds is 8. The Morgan fingerprint density at radius 3 is 2.33 bits per heavy atom. The second-order valence-corrected chi connectivity index (χ2v) is 8.26. The maximum Gasteiger partial charge on any atom is 0.226 e. The lowest BCUT2D eigenvalue weighted by Crippen LogP contribution is -3.11. The Hall–Kier alpha value is -0.570. The van der Waals surface area contributed by atoms with Crippen LogP contribution in [0.1, 0.15) is 67.7 Å². The second kappa shape index (κ2) is 7.13. The van der Waals surface area contributed by atoms with E-state index in [0.29, 0.717) is 12.0 Å². The lowest BCUT2D eigenvalue weighted by Gasteiger charge is -2.24. The molecule has 3 nitrogen and oxygen atoms in total. The summed E-state index contributed by atoms with van der Waals surface area (Å²) in [6, 6.07) is 0.297. The van der Waals surface area contributed by atoms with Gasteiger partial charge < -0.3 is 10.2 Å². The van der Waals surface area contributed by atoms with Crippen molar-refractivity contribution in [3.63, 3.8) is 0 Å². The Morgan fingerprint density at radius 1 is 1.33 bits per heavy atom. The zero-order valence-electron chi connectivity index (χ0n) is 15.3. The third-order valence-corrected chi connectivity index (χ3v) is 5.35. The molecule has 1 aliphatic rings. The van der Waals surface area contributed by atoms with Crippen molar-refractivity contribution in [1.29, 1.82) is 0 Å². The molecule has 124 valence electrons. The fourth-order valence-corrected chi connectivity index (χ4v) is 3.60. The molecule has 0 aromatic carbocycles. The Labute approximate surface area is 131 Å². The Morgan fingerprint density at radius 2 is 1.90 bits per heavy atom. The third kappa shape index (κ3) is 4.98. The summed E-state index contributed by atoms with van der Waals surface area (Å²) in [6.07, 6.45) is 3.32. The average Bonchev–Trinajstić information content (AvgIpc) is 3.09. The fraction of sp³-hybridized carbons (Fsp3) is 0.944. The first-order valence-corrected chi connectivity index (χ1v) is 8.79. The maximum atomic E-state index is 12.5. The summed E-state index contributed by atoms with van der Waals surface area (Å²) in [5, 5.41) is 3.25. The van der Waals surface area contributed by atoms with Crippen LogP contribution in [0.2, 0.25) is 0 Å². The summed E-state index contributed by atoms with van der Waals surface area (Å²) in [7, 11) is 0. The van der Waals surface area contributed by atoms with Crippen molar-refractivity contribution < 1.29 is 9.69 Å². The molecule has 0 heterocycles. The number of carbonyl (C=O) groups excluding carboxylic acids is 1. The lowest BCUT2D eigenvalue weighted by molar-refractivity contribution is -0.896. The lowest BCUT2D eigenvalue weighted by atomic mass is 9.85. The minimum Gasteiger partial charge on any atom is -0.353 e. The minimum atomic E-state index is -0.128. The summed E-state index contributed by atoms with van der Waals surface area (Å²) >= 11 is 0. The standard InChI is InChI=1S/C18H36N2O/c1-8-20(9-2)12-10-11-14(3)19-16(21)18(7)13-15(18)17(4,5)6/h14-15H,8-13H2,1-7H3,(H,19,21)/p+1. The van der Waals surface area contributed by atoms with Gasteiger partial charge in [0.15, 0.2) is 0 Å². The van der Waals surface area contributed by atoms with Crippen LogP contribution in [0.4, 0.5) is 0 Å². The SMILES string of the molecule is CC[NH+](CC)CCCC(C)NC(=O)C1(C)CC1C(C)(C)C. The molecule has 0 bridgehead atoms. The smallest absolute Gasteiger partial charge is 0.226 e. The van der Waals surface area contributed by atoms with E-state index in [9.17, 15) is 4.79 Å². The van der Waals surface area contributed by atoms with E-state index in [4.69, 9.17) is 0 Å². The first-order valence-electron chi connectivity index (χ1n) is 8.79. The molecule has 3 atom stereocenters. The summed E-state index contributed by atoms with van der Waals surface area (Å²) in [4.78, 5) is 14.1. The molecule has 1 fully saturated rings. The van der Waals surface area contributed by atoms with Gasteiger partial charge in [0.1, 0.15) is 0 Å². The molecule has 0 aliphatic heterocycles. The van der Waals surface area contributed by atoms with E-state index in [-0.39, 0.29) is 16.7 Å². The van der Waals surface area contributed by atoms with Crippen molar-refractivity contribution in [2.45, 2.75) is 73.8 Å². The molecule has 1 aliphatic carbocycles. The van der Waals surface area contributed by atoms with Crippen LogP contribution in [0.15, 0.2) is 0 Å². The Bertz CT molecular complexity index is 344. The number of carbonyl (C=O) groups is 1. The van der Waals surface area contributed by atoms with Gasteiger partial charge in [0.2, 0.25) is 5.91 Å². The highest BCUT2D eigenvalue weighted by molar-refractivity contribution is 5.85. The van der Waals surface area contributed by atoms with E-state index in [2.05, 4.69) is 53.8 Å². The van der Waals surface area contributed by atoms with Crippen LogP contribution in [0, 0.1) is 16.7 Å². The molecule has 1 saturated carbocycles. The quantitative estimate of drug-likeness (QED) is 0.708. The van der Waals surface area contributed by atoms with Crippen molar-refractivity contribution >= 4 is 5.91 Å². The number of amides is 1. The van der Waals surface area contributed by atoms with E-state index in [1.165, 1.54) is 26.1 Å². The van der Waals surface area contributed by atoms with Crippen molar-refractivity contribution in [1.82, 2.24) is 5.32 Å². The first-order chi connectivity index (χ1) is 9.65. The van der Waals surface area contributed by atoms with Gasteiger partial charge in [-0.25, -0.2) is 0 Å². The average molecular weight is 298 g/mol. The second-order valence-electron chi connectivity index (χ2n) is 8.26. The van der Waals surface area contributed by atoms with Crippen molar-refractivity contribution in [2.24, 2.45) is 16.7 Å². The molecule has 0 saturated heterocycles. The minimum absolute atomic E-state index is 0.128. The van der Waals surface area contributed by atoms with E-state index in [1.54, 1.807) is 4.90 Å². The molecule has 3 heteroatoms. The van der Waals surface area contributed by atoms with Crippen LogP contribution in [0.25, 0.3) is 0 Å². The highest BCUT2D eigenvalue weighted by Gasteiger charge is 2.60. The topological polar surface area (TPSA) is 33.5 Å². The van der Waals surface area contributed by atoms with Crippen molar-refractivity contribution in [2.75, 3.05) is 19.6 Å². The van der Waals surface area contributed by atoms with Gasteiger partial charge in [-0.1, -0.05) is 27.7 Å². The molecule has 0 spiro atoms. The molecular formula is C18H37N2O+. The Kier molecular flexibility index (Phi) is 6.27. The van der Waals surface area contributed by atoms with Crippen LogP contribution < -0.4 is 10.2 Å². The Balaban J connectivity index is 2.32. The predicted octanol–water partition coefficient (Wildman–Crippen LogP) is 2.27. The van der Waals surface area contributed by atoms with Crippen LogP contribution in [-0.4, -0.2) is 31.6 Å². The first kappa shape index (κ1) is 18.5. The van der Waals surface area contributed by atoms with Crippen molar-refractivity contribution in [3.8, 4) is 0 Å². The molecular weight excluding hydrogens is 260 g/mol. The summed E-state index contributed by atoms with van der Waals surface area (Å²) < 4.78 is 0. The van der Waals surface area contributed by atoms with Gasteiger partial charge in [-0.3, -0.25) is 4.79 Å². The van der Waals surface area contributed by atoms with Gasteiger partial charge in [0.05, 0.1) is 25.0 Å². The van der Waals surface area contributed by atoms with E-state index >= 15 is 0 Å². The highest BCUT2D eigenvalue weighted by atomic mass is 16.2. The maximum absolute atomic E-state index is 12.5. The van der Waals surface area contributed by atoms with Crippen LogP contribution in [-0.2, 0) is 4.79 Å². The zero-order chi connectivity index (χ0) is 16.3. The molecule has 0 radical (unpaired) electrons. The van der Waals surface area contributed by atoms with Gasteiger partial charge in [-0.05, 0) is 51.4 Å². The number of nitrogens with one attached hydrogen (secondary N) is 2. The van der Waals surface area contributed by atoms with Gasteiger partial charge in [-0.15, -0.1) is 0 Å². The van der Waals surface area contributed by atoms with E-state index in [0.717, 1.165) is 12.8 Å². The number of hydrogen-bond acceptors (Lipinski definition) is 1. The van der Waals surface area contributed by atoms with Crippen molar-refractivity contribution in [3.05, 3.63) is 0 Å². The summed E-state index contributed by atoms with van der Waals surface area (Å²) in [6.45, 7) is 19.1. The van der Waals surface area contributed by atoms with Crippen LogP contribution in [0.5, 0.6) is 0 Å². The van der Waals surface area contributed by atoms with Gasteiger partial charge in [-0.2, -0.15) is 0 Å². The van der Waals surface area contributed by atoms with Crippen LogP contribution >= 0.6 is 0 Å². The number of hydrogen-bond donors (Lipinski definition) is 2. The van der Waals surface area contributed by atoms with Crippen LogP contribution in [0.3, 0.4) is 0 Å². The summed E-state index contributed by atoms with van der Waals surface area (Å²) in [5.74, 6) is 0.794. The number of quaternary nitrogens is 1. The molecule has 0 aromatic rings. The van der Waals surface area contributed by atoms with Gasteiger partial charge in [0.25, 0.3) is 0 Å². The molecule has 2 N–H and O–H groups in total. The van der Waals surface area contributed by atoms with Gasteiger partial charge in [0, 0.05) is 6.04 Å². The molecule has 1 amide bonds. The highest BCUT2D eigenvalue weighted by Crippen LogP contribution is 2.60. The zero-order valence-corrected chi connectivity index (χ0v) is 15.3. The van der Waals surface area contributed by atoms with Gasteiger partial charge >= 0.3 is 0 Å². The summed E-state index contributed by atoms with van der Waals surface area (Å²) in [5.41, 5.74) is 0.109. The van der Waals surface area contributed by atoms with E-state index in [1.807, 2.05) is 0 Å². The molecule has 0 aromatic heterocycles. The third-order valence-electron chi connectivity index (χ3n) is 5.35.